The van der Waals surface area contributed by atoms with E-state index in [0.717, 1.165) is 12.3 Å². The molecule has 1 aromatic rings. The van der Waals surface area contributed by atoms with E-state index in [4.69, 9.17) is 17.2 Å². The van der Waals surface area contributed by atoms with Gasteiger partial charge in [-0.05, 0) is 0 Å². The lowest BCUT2D eigenvalue weighted by atomic mass is 10.4. The highest BCUT2D eigenvalue weighted by Gasteiger charge is 2.19. The summed E-state index contributed by atoms with van der Waals surface area (Å²) < 4.78 is 13.4. The lowest BCUT2D eigenvalue weighted by Crippen LogP contribution is -2.22. The molecule has 0 fully saturated rings. The second kappa shape index (κ2) is 5.34. The van der Waals surface area contributed by atoms with Crippen LogP contribution in [0.1, 0.15) is 0 Å². The van der Waals surface area contributed by atoms with Crippen molar-refractivity contribution in [3.63, 3.8) is 0 Å². The van der Waals surface area contributed by atoms with Gasteiger partial charge < -0.3 is 31.4 Å². The Hall–Kier alpha value is -3.04. The van der Waals surface area contributed by atoms with Gasteiger partial charge in [-0.15, -0.1) is 0 Å². The summed E-state index contributed by atoms with van der Waals surface area (Å²) in [4.78, 5) is 35.4. The molecule has 1 rings (SSSR count). The molecule has 0 saturated carbocycles. The van der Waals surface area contributed by atoms with Crippen molar-refractivity contribution in [1.29, 1.82) is 0 Å². The third kappa shape index (κ3) is 3.52. The van der Waals surface area contributed by atoms with Crippen LogP contribution >= 0.6 is 0 Å². The number of ether oxygens (including phenoxy) is 3. The second-order valence-corrected chi connectivity index (χ2v) is 2.71. The Balaban J connectivity index is 3.19. The van der Waals surface area contributed by atoms with Gasteiger partial charge >= 0.3 is 18.3 Å². The minimum atomic E-state index is -1.24. The van der Waals surface area contributed by atoms with E-state index in [9.17, 15) is 14.4 Å². The fraction of sp³-hybridized carbons (Fsp3) is 0. The molecule has 1 heterocycles. The molecule has 18 heavy (non-hydrogen) atoms. The Labute approximate surface area is 99.6 Å². The number of hydrogen-bond donors (Lipinski definition) is 3. The van der Waals surface area contributed by atoms with Gasteiger partial charge in [0.25, 0.3) is 5.88 Å². The summed E-state index contributed by atoms with van der Waals surface area (Å²) in [5.41, 5.74) is 14.4. The van der Waals surface area contributed by atoms with Crippen LogP contribution in [0, 0.1) is 0 Å². The number of amides is 3. The molecule has 10 heteroatoms. The van der Waals surface area contributed by atoms with E-state index in [-0.39, 0.29) is 5.75 Å². The van der Waals surface area contributed by atoms with E-state index in [1.165, 1.54) is 0 Å². The normalized spacial score (nSPS) is 9.33. The standard InChI is InChI=1S/C8H8N4O6/c9-6(13)16-3-1-2-12-5(18-8(11)15)4(3)17-7(10)14/h1-2H,(H2,9,13)(H2,10,14)(H2,11,15). The van der Waals surface area contributed by atoms with Crippen LogP contribution in [0.2, 0.25) is 0 Å². The quantitative estimate of drug-likeness (QED) is 0.651. The van der Waals surface area contributed by atoms with Crippen LogP contribution in [0.3, 0.4) is 0 Å². The van der Waals surface area contributed by atoms with E-state index in [1.54, 1.807) is 0 Å². The minimum Gasteiger partial charge on any atom is -0.406 e. The van der Waals surface area contributed by atoms with Crippen molar-refractivity contribution in [2.45, 2.75) is 0 Å². The number of carbonyl (C=O) groups excluding carboxylic acids is 3. The van der Waals surface area contributed by atoms with Gasteiger partial charge in [-0.3, -0.25) is 0 Å². The maximum Gasteiger partial charge on any atom is 0.411 e. The topological polar surface area (TPSA) is 170 Å². The van der Waals surface area contributed by atoms with Crippen molar-refractivity contribution in [3.05, 3.63) is 12.3 Å². The van der Waals surface area contributed by atoms with E-state index >= 15 is 0 Å². The van der Waals surface area contributed by atoms with Crippen molar-refractivity contribution in [1.82, 2.24) is 4.98 Å². The lowest BCUT2D eigenvalue weighted by Gasteiger charge is -2.10. The summed E-state index contributed by atoms with van der Waals surface area (Å²) in [6, 6.07) is 1.14. The number of aromatic nitrogens is 1. The molecular weight excluding hydrogens is 248 g/mol. The Morgan fingerprint density at radius 3 is 2.00 bits per heavy atom. The minimum absolute atomic E-state index is 0.312. The summed E-state index contributed by atoms with van der Waals surface area (Å²) in [5.74, 6) is -1.31. The Morgan fingerprint density at radius 2 is 1.50 bits per heavy atom. The number of rotatable bonds is 3. The van der Waals surface area contributed by atoms with Crippen LogP contribution in [0.5, 0.6) is 17.4 Å². The van der Waals surface area contributed by atoms with Crippen molar-refractivity contribution in [3.8, 4) is 17.4 Å². The number of nitrogens with two attached hydrogens (primary N) is 3. The molecule has 96 valence electrons. The van der Waals surface area contributed by atoms with Crippen molar-refractivity contribution < 1.29 is 28.6 Å². The monoisotopic (exact) mass is 256 g/mol. The Kier molecular flexibility index (Phi) is 3.86. The lowest BCUT2D eigenvalue weighted by molar-refractivity contribution is 0.193. The van der Waals surface area contributed by atoms with Gasteiger partial charge in [0.05, 0.1) is 0 Å². The van der Waals surface area contributed by atoms with E-state index in [2.05, 4.69) is 19.2 Å². The number of primary amides is 3. The molecule has 0 spiro atoms. The maximum atomic E-state index is 10.7. The average Bonchev–Trinajstić information content (AvgIpc) is 2.20. The summed E-state index contributed by atoms with van der Waals surface area (Å²) in [6.07, 6.45) is -2.54. The zero-order valence-corrected chi connectivity index (χ0v) is 8.78. The molecule has 0 atom stereocenters. The van der Waals surface area contributed by atoms with Crippen LogP contribution < -0.4 is 31.4 Å². The maximum absolute atomic E-state index is 10.7. The van der Waals surface area contributed by atoms with Crippen LogP contribution in [0.4, 0.5) is 14.4 Å². The predicted octanol–water partition coefficient (Wildman–Crippen LogP) is -0.546. The fourth-order valence-corrected chi connectivity index (χ4v) is 0.964. The number of carbonyl (C=O) groups is 3. The average molecular weight is 256 g/mol. The van der Waals surface area contributed by atoms with Crippen molar-refractivity contribution >= 4 is 18.3 Å². The molecule has 0 aliphatic rings. The second-order valence-electron chi connectivity index (χ2n) is 2.71. The summed E-state index contributed by atoms with van der Waals surface area (Å²) >= 11 is 0. The van der Waals surface area contributed by atoms with Gasteiger partial charge in [-0.2, -0.15) is 0 Å². The Bertz CT molecular complexity index is 468. The van der Waals surface area contributed by atoms with Gasteiger partial charge in [0.15, 0.2) is 5.75 Å². The molecule has 0 aliphatic carbocycles. The molecule has 0 bridgehead atoms. The molecule has 0 aliphatic heterocycles. The van der Waals surface area contributed by atoms with Crippen LogP contribution in [-0.2, 0) is 0 Å². The van der Waals surface area contributed by atoms with Crippen molar-refractivity contribution in [2.75, 3.05) is 0 Å². The third-order valence-electron chi connectivity index (χ3n) is 1.45. The van der Waals surface area contributed by atoms with Gasteiger partial charge in [0.2, 0.25) is 5.75 Å². The molecular formula is C8H8N4O6. The zero-order chi connectivity index (χ0) is 13.7. The van der Waals surface area contributed by atoms with E-state index in [1.807, 2.05) is 0 Å². The third-order valence-corrected chi connectivity index (χ3v) is 1.45. The first kappa shape index (κ1) is 13.0. The first-order chi connectivity index (χ1) is 8.40. The molecule has 0 aromatic carbocycles. The van der Waals surface area contributed by atoms with Gasteiger partial charge in [0, 0.05) is 12.3 Å². The smallest absolute Gasteiger partial charge is 0.406 e. The molecule has 1 aromatic heterocycles. The van der Waals surface area contributed by atoms with Crippen LogP contribution in [0.15, 0.2) is 12.3 Å². The van der Waals surface area contributed by atoms with Gasteiger partial charge in [0.1, 0.15) is 0 Å². The molecule has 0 unspecified atom stereocenters. The van der Waals surface area contributed by atoms with Crippen LogP contribution in [0.25, 0.3) is 0 Å². The molecule has 10 nitrogen and oxygen atoms in total. The first-order valence-corrected chi connectivity index (χ1v) is 4.31. The zero-order valence-electron chi connectivity index (χ0n) is 8.78. The van der Waals surface area contributed by atoms with E-state index < -0.39 is 29.9 Å². The van der Waals surface area contributed by atoms with Crippen LogP contribution in [-0.4, -0.2) is 23.3 Å². The number of pyridine rings is 1. The largest absolute Gasteiger partial charge is 0.411 e. The first-order valence-electron chi connectivity index (χ1n) is 4.31. The molecule has 0 radical (unpaired) electrons. The fourth-order valence-electron chi connectivity index (χ4n) is 0.964. The number of nitrogens with zero attached hydrogens (tertiary/aromatic N) is 1. The highest BCUT2D eigenvalue weighted by molar-refractivity contribution is 5.75. The molecule has 3 amide bonds. The number of hydrogen-bond acceptors (Lipinski definition) is 7. The van der Waals surface area contributed by atoms with E-state index in [0.29, 0.717) is 0 Å². The predicted molar refractivity (Wildman–Crippen MR) is 54.9 cm³/mol. The summed E-state index contributed by atoms with van der Waals surface area (Å²) in [5, 5.41) is 0. The summed E-state index contributed by atoms with van der Waals surface area (Å²) in [6.45, 7) is 0. The Morgan fingerprint density at radius 1 is 0.944 bits per heavy atom. The SMILES string of the molecule is NC(=O)Oc1ccnc(OC(N)=O)c1OC(N)=O. The molecule has 6 N–H and O–H groups in total. The molecule has 0 saturated heterocycles. The highest BCUT2D eigenvalue weighted by Crippen LogP contribution is 2.35. The van der Waals surface area contributed by atoms with Gasteiger partial charge in [-0.25, -0.2) is 19.4 Å². The van der Waals surface area contributed by atoms with Crippen molar-refractivity contribution in [2.24, 2.45) is 17.2 Å². The van der Waals surface area contributed by atoms with Gasteiger partial charge in [-0.1, -0.05) is 0 Å². The highest BCUT2D eigenvalue weighted by atomic mass is 16.6. The summed E-state index contributed by atoms with van der Waals surface area (Å²) in [7, 11) is 0.